The lowest BCUT2D eigenvalue weighted by atomic mass is 9.95. The van der Waals surface area contributed by atoms with Crippen LogP contribution in [0.15, 0.2) is 24.3 Å². The van der Waals surface area contributed by atoms with Crippen LogP contribution in [0.5, 0.6) is 5.75 Å². The summed E-state index contributed by atoms with van der Waals surface area (Å²) in [5, 5.41) is 8.59. The lowest BCUT2D eigenvalue weighted by Gasteiger charge is -2.09. The molecule has 1 aliphatic heterocycles. The third kappa shape index (κ3) is 2.66. The summed E-state index contributed by atoms with van der Waals surface area (Å²) in [7, 11) is 0. The quantitative estimate of drug-likeness (QED) is 0.519. The van der Waals surface area contributed by atoms with Crippen molar-refractivity contribution >= 4 is 11.9 Å². The summed E-state index contributed by atoms with van der Waals surface area (Å²) in [4.78, 5) is 22.7. The number of ketones is 1. The van der Waals surface area contributed by atoms with Gasteiger partial charge in [-0.3, -0.25) is 4.79 Å². The van der Waals surface area contributed by atoms with E-state index in [0.29, 0.717) is 29.7 Å². The van der Waals surface area contributed by atoms with Gasteiger partial charge < -0.3 is 14.6 Å². The number of ether oxygens (including phenoxy) is 2. The maximum atomic E-state index is 12.2. The van der Waals surface area contributed by atoms with E-state index in [1.54, 1.807) is 12.1 Å². The maximum absolute atomic E-state index is 12.2. The molecule has 0 saturated carbocycles. The van der Waals surface area contributed by atoms with Gasteiger partial charge in [0, 0.05) is 11.1 Å². The van der Waals surface area contributed by atoms with Crippen molar-refractivity contribution in [2.24, 2.45) is 0 Å². The molecule has 0 amide bonds. The molecule has 0 fully saturated rings. The molecular weight excluding hydrogens is 260 g/mol. The molecule has 2 rings (SSSR count). The van der Waals surface area contributed by atoms with Gasteiger partial charge in [-0.15, -0.1) is 0 Å². The number of aryl methyl sites for hydroxylation is 1. The van der Waals surface area contributed by atoms with Crippen LogP contribution >= 0.6 is 0 Å². The summed E-state index contributed by atoms with van der Waals surface area (Å²) >= 11 is 0. The fourth-order valence-electron chi connectivity index (χ4n) is 2.13. The Balaban J connectivity index is 2.28. The second kappa shape index (κ2) is 5.36. The first kappa shape index (κ1) is 14.1. The zero-order valence-corrected chi connectivity index (χ0v) is 11.4. The van der Waals surface area contributed by atoms with Crippen molar-refractivity contribution in [1.29, 1.82) is 0 Å². The molecule has 0 aliphatic carbocycles. The van der Waals surface area contributed by atoms with Gasteiger partial charge in [-0.05, 0) is 36.6 Å². The normalized spacial score (nSPS) is 16.2. The monoisotopic (exact) mass is 276 g/mol. The molecule has 1 atom stereocenters. The molecule has 1 aromatic rings. The molecule has 1 aliphatic rings. The SMILES string of the molecule is C=C(CC)C(=O)c1cc2c(cc1C)OC(OC(=O)O)C2. The average Bonchev–Trinajstić information content (AvgIpc) is 2.76. The van der Waals surface area contributed by atoms with Gasteiger partial charge in [-0.2, -0.15) is 0 Å². The van der Waals surface area contributed by atoms with Crippen molar-refractivity contribution in [3.8, 4) is 5.75 Å². The summed E-state index contributed by atoms with van der Waals surface area (Å²) in [5.41, 5.74) is 2.67. The van der Waals surface area contributed by atoms with Crippen LogP contribution in [0.3, 0.4) is 0 Å². The molecule has 5 nitrogen and oxygen atoms in total. The number of allylic oxidation sites excluding steroid dienone is 1. The van der Waals surface area contributed by atoms with Crippen molar-refractivity contribution in [1.82, 2.24) is 0 Å². The molecule has 5 heteroatoms. The number of benzene rings is 1. The number of carbonyl (C=O) groups excluding carboxylic acids is 1. The topological polar surface area (TPSA) is 72.8 Å². The van der Waals surface area contributed by atoms with Crippen molar-refractivity contribution in [2.75, 3.05) is 0 Å². The molecule has 1 aromatic carbocycles. The van der Waals surface area contributed by atoms with Crippen molar-refractivity contribution in [2.45, 2.75) is 33.0 Å². The fraction of sp³-hybridized carbons (Fsp3) is 0.333. The second-order valence-electron chi connectivity index (χ2n) is 4.70. The molecule has 0 saturated heterocycles. The first-order valence-electron chi connectivity index (χ1n) is 6.34. The predicted octanol–water partition coefficient (Wildman–Crippen LogP) is 3.10. The third-order valence-electron chi connectivity index (χ3n) is 3.28. The van der Waals surface area contributed by atoms with Crippen molar-refractivity contribution in [3.63, 3.8) is 0 Å². The molecule has 0 bridgehead atoms. The van der Waals surface area contributed by atoms with E-state index in [4.69, 9.17) is 9.84 Å². The fourth-order valence-corrected chi connectivity index (χ4v) is 2.13. The predicted molar refractivity (Wildman–Crippen MR) is 72.2 cm³/mol. The first-order valence-corrected chi connectivity index (χ1v) is 6.34. The Kier molecular flexibility index (Phi) is 3.79. The first-order chi connectivity index (χ1) is 9.42. The molecule has 0 spiro atoms. The lowest BCUT2D eigenvalue weighted by molar-refractivity contribution is -0.0394. The highest BCUT2D eigenvalue weighted by Crippen LogP contribution is 2.33. The van der Waals surface area contributed by atoms with Crippen molar-refractivity contribution in [3.05, 3.63) is 41.0 Å². The molecule has 1 heterocycles. The molecule has 106 valence electrons. The highest BCUT2D eigenvalue weighted by molar-refractivity contribution is 6.09. The van der Waals surface area contributed by atoms with E-state index < -0.39 is 12.4 Å². The van der Waals surface area contributed by atoms with Gasteiger partial charge in [0.15, 0.2) is 5.78 Å². The Morgan fingerprint density at radius 2 is 2.20 bits per heavy atom. The number of fused-ring (bicyclic) bond motifs is 1. The van der Waals surface area contributed by atoms with Gasteiger partial charge in [0.1, 0.15) is 5.75 Å². The Hall–Kier alpha value is -2.30. The van der Waals surface area contributed by atoms with Crippen LogP contribution in [0.2, 0.25) is 0 Å². The Morgan fingerprint density at radius 3 is 2.80 bits per heavy atom. The third-order valence-corrected chi connectivity index (χ3v) is 3.28. The van der Waals surface area contributed by atoms with Gasteiger partial charge >= 0.3 is 6.16 Å². The van der Waals surface area contributed by atoms with Gasteiger partial charge in [-0.25, -0.2) is 4.79 Å². The van der Waals surface area contributed by atoms with E-state index in [2.05, 4.69) is 11.3 Å². The highest BCUT2D eigenvalue weighted by Gasteiger charge is 2.28. The minimum atomic E-state index is -1.38. The van der Waals surface area contributed by atoms with E-state index >= 15 is 0 Å². The zero-order valence-electron chi connectivity index (χ0n) is 11.4. The summed E-state index contributed by atoms with van der Waals surface area (Å²) < 4.78 is 9.98. The van der Waals surface area contributed by atoms with E-state index in [9.17, 15) is 9.59 Å². The number of Topliss-reactive ketones (excluding diaryl/α,β-unsaturated/α-hetero) is 1. The van der Waals surface area contributed by atoms with Crippen LogP contribution in [-0.4, -0.2) is 23.3 Å². The Bertz CT molecular complexity index is 588. The molecular formula is C15H16O5. The molecule has 0 aromatic heterocycles. The maximum Gasteiger partial charge on any atom is 0.508 e. The smallest absolute Gasteiger partial charge is 0.454 e. The Morgan fingerprint density at radius 1 is 1.50 bits per heavy atom. The summed E-state index contributed by atoms with van der Waals surface area (Å²) in [6.07, 6.45) is -1.32. The van der Waals surface area contributed by atoms with E-state index in [1.165, 1.54) is 0 Å². The van der Waals surface area contributed by atoms with Gasteiger partial charge in [-0.1, -0.05) is 13.5 Å². The van der Waals surface area contributed by atoms with Crippen LogP contribution in [0.25, 0.3) is 0 Å². The minimum absolute atomic E-state index is 0.0876. The van der Waals surface area contributed by atoms with E-state index in [0.717, 1.165) is 11.1 Å². The summed E-state index contributed by atoms with van der Waals surface area (Å²) in [6, 6.07) is 3.47. The zero-order chi connectivity index (χ0) is 14.9. The largest absolute Gasteiger partial charge is 0.508 e. The number of rotatable bonds is 4. The average molecular weight is 276 g/mol. The standard InChI is InChI=1S/C15H16O5/c1-4-8(2)14(16)11-6-10-7-13(20-15(17)18)19-12(10)5-9(11)3/h5-6,13H,2,4,7H2,1,3H3,(H,17,18). The highest BCUT2D eigenvalue weighted by atomic mass is 16.8. The van der Waals surface area contributed by atoms with Crippen LogP contribution in [-0.2, 0) is 11.2 Å². The summed E-state index contributed by atoms with van der Waals surface area (Å²) in [6.45, 7) is 7.44. The van der Waals surface area contributed by atoms with E-state index in [-0.39, 0.29) is 5.78 Å². The molecule has 1 N–H and O–H groups in total. The second-order valence-corrected chi connectivity index (χ2v) is 4.70. The lowest BCUT2D eigenvalue weighted by Crippen LogP contribution is -2.20. The number of carboxylic acid groups (broad SMARTS) is 1. The van der Waals surface area contributed by atoms with Crippen molar-refractivity contribution < 1.29 is 24.2 Å². The van der Waals surface area contributed by atoms with Gasteiger partial charge in [0.2, 0.25) is 0 Å². The number of hydrogen-bond donors (Lipinski definition) is 1. The van der Waals surface area contributed by atoms with Gasteiger partial charge in [0.25, 0.3) is 6.29 Å². The van der Waals surface area contributed by atoms with Crippen LogP contribution in [0.4, 0.5) is 4.79 Å². The van der Waals surface area contributed by atoms with Crippen LogP contribution < -0.4 is 4.74 Å². The molecule has 1 unspecified atom stereocenters. The Labute approximate surface area is 116 Å². The number of carbonyl (C=O) groups is 2. The van der Waals surface area contributed by atoms with Crippen LogP contribution in [0, 0.1) is 6.92 Å². The van der Waals surface area contributed by atoms with E-state index in [1.807, 2.05) is 13.8 Å². The minimum Gasteiger partial charge on any atom is -0.454 e. The van der Waals surface area contributed by atoms with Gasteiger partial charge in [0.05, 0.1) is 6.42 Å². The molecule has 20 heavy (non-hydrogen) atoms. The van der Waals surface area contributed by atoms with Crippen LogP contribution in [0.1, 0.15) is 34.8 Å². The summed E-state index contributed by atoms with van der Waals surface area (Å²) in [5.74, 6) is 0.475. The number of hydrogen-bond acceptors (Lipinski definition) is 4. The molecule has 0 radical (unpaired) electrons.